The highest BCUT2D eigenvalue weighted by Crippen LogP contribution is 2.26. The first kappa shape index (κ1) is 22.9. The van der Waals surface area contributed by atoms with E-state index in [0.29, 0.717) is 10.2 Å². The van der Waals surface area contributed by atoms with Crippen LogP contribution in [0.2, 0.25) is 0 Å². The van der Waals surface area contributed by atoms with Crippen molar-refractivity contribution in [1.29, 1.82) is 5.26 Å². The zero-order valence-electron chi connectivity index (χ0n) is 16.4. The number of carbonyl (C=O) groups excluding carboxylic acids is 2. The van der Waals surface area contributed by atoms with Gasteiger partial charge in [-0.3, -0.25) is 4.79 Å². The number of hydrogen-bond donors (Lipinski definition) is 1. The predicted molar refractivity (Wildman–Crippen MR) is 119 cm³/mol. The van der Waals surface area contributed by atoms with Crippen molar-refractivity contribution in [2.45, 2.75) is 33.7 Å². The summed E-state index contributed by atoms with van der Waals surface area (Å²) in [5.41, 5.74) is 3.21. The molecule has 8 heteroatoms. The first-order valence-corrected chi connectivity index (χ1v) is 10.6. The lowest BCUT2D eigenvalue weighted by Gasteiger charge is -2.08. The number of rotatable bonds is 7. The Kier molecular flexibility index (Phi) is 8.23. The number of nitrogens with zero attached hydrogens (tertiary/aromatic N) is 2. The van der Waals surface area contributed by atoms with Gasteiger partial charge in [0.15, 0.2) is 6.61 Å². The molecule has 0 aliphatic heterocycles. The molecule has 0 atom stereocenters. The molecule has 0 bridgehead atoms. The molecule has 152 valence electrons. The summed E-state index contributed by atoms with van der Waals surface area (Å²) in [6.07, 6.45) is 2.48. The van der Waals surface area contributed by atoms with E-state index in [0.717, 1.165) is 34.4 Å². The molecule has 29 heavy (non-hydrogen) atoms. The third kappa shape index (κ3) is 6.05. The Morgan fingerprint density at radius 2 is 2.00 bits per heavy atom. The van der Waals surface area contributed by atoms with Gasteiger partial charge in [0.1, 0.15) is 11.6 Å². The van der Waals surface area contributed by atoms with Crippen LogP contribution >= 0.6 is 31.9 Å². The number of hydrogen-bond acceptors (Lipinski definition) is 4. The quantitative estimate of drug-likeness (QED) is 0.310. The number of nitriles is 1. The molecule has 2 aromatic rings. The minimum atomic E-state index is -0.835. The van der Waals surface area contributed by atoms with Crippen LogP contribution in [-0.2, 0) is 20.9 Å². The first-order valence-electron chi connectivity index (χ1n) is 8.97. The predicted octanol–water partition coefficient (Wildman–Crippen LogP) is 5.13. The van der Waals surface area contributed by atoms with E-state index in [9.17, 15) is 14.9 Å². The van der Waals surface area contributed by atoms with Gasteiger partial charge in [0.2, 0.25) is 0 Å². The summed E-state index contributed by atoms with van der Waals surface area (Å²) in [4.78, 5) is 24.3. The summed E-state index contributed by atoms with van der Waals surface area (Å²) in [6, 6.07) is 9.05. The molecule has 0 unspecified atom stereocenters. The molecule has 0 saturated carbocycles. The second kappa shape index (κ2) is 10.4. The van der Waals surface area contributed by atoms with Gasteiger partial charge in [0, 0.05) is 26.9 Å². The van der Waals surface area contributed by atoms with Gasteiger partial charge in [-0.15, -0.1) is 0 Å². The molecule has 0 saturated heterocycles. The summed E-state index contributed by atoms with van der Waals surface area (Å²) in [5, 5.41) is 12.0. The number of nitrogens with one attached hydrogen (secondary N) is 1. The summed E-state index contributed by atoms with van der Waals surface area (Å²) in [6.45, 7) is 6.39. The topological polar surface area (TPSA) is 84.1 Å². The molecule has 1 N–H and O–H groups in total. The highest BCUT2D eigenvalue weighted by Gasteiger charge is 2.16. The van der Waals surface area contributed by atoms with Crippen LogP contribution in [0.4, 0.5) is 5.69 Å². The fourth-order valence-electron chi connectivity index (χ4n) is 2.82. The number of carbonyl (C=O) groups is 2. The van der Waals surface area contributed by atoms with Crippen LogP contribution in [0.25, 0.3) is 6.08 Å². The largest absolute Gasteiger partial charge is 0.451 e. The minimum Gasteiger partial charge on any atom is -0.451 e. The highest BCUT2D eigenvalue weighted by molar-refractivity contribution is 9.11. The monoisotopic (exact) mass is 521 g/mol. The minimum absolute atomic E-state index is 0.153. The fraction of sp³-hybridized carbons (Fsp3) is 0.286. The average molecular weight is 523 g/mol. The molecule has 1 aromatic heterocycles. The second-order valence-electron chi connectivity index (χ2n) is 6.40. The maximum Gasteiger partial charge on any atom is 0.349 e. The Morgan fingerprint density at radius 3 is 2.62 bits per heavy atom. The number of anilines is 1. The summed E-state index contributed by atoms with van der Waals surface area (Å²) in [7, 11) is 0. The number of ether oxygens (including phenoxy) is 1. The number of halogens is 2. The van der Waals surface area contributed by atoms with Crippen LogP contribution in [0.3, 0.4) is 0 Å². The van der Waals surface area contributed by atoms with E-state index in [1.165, 1.54) is 6.08 Å². The zero-order valence-corrected chi connectivity index (χ0v) is 19.6. The molecule has 0 aliphatic carbocycles. The van der Waals surface area contributed by atoms with E-state index in [1.54, 1.807) is 18.2 Å². The van der Waals surface area contributed by atoms with Crippen molar-refractivity contribution >= 4 is 55.5 Å². The van der Waals surface area contributed by atoms with Crippen LogP contribution in [0.15, 0.2) is 38.8 Å². The van der Waals surface area contributed by atoms with Crippen molar-refractivity contribution in [3.63, 3.8) is 0 Å². The van der Waals surface area contributed by atoms with Crippen molar-refractivity contribution in [2.24, 2.45) is 0 Å². The molecule has 2 rings (SSSR count). The van der Waals surface area contributed by atoms with Gasteiger partial charge in [-0.2, -0.15) is 5.26 Å². The Morgan fingerprint density at radius 1 is 1.28 bits per heavy atom. The molecule has 0 aliphatic rings. The van der Waals surface area contributed by atoms with Gasteiger partial charge < -0.3 is 14.6 Å². The second-order valence-corrected chi connectivity index (χ2v) is 8.17. The average Bonchev–Trinajstić information content (AvgIpc) is 2.94. The maximum absolute atomic E-state index is 12.3. The van der Waals surface area contributed by atoms with Crippen molar-refractivity contribution < 1.29 is 14.3 Å². The summed E-state index contributed by atoms with van der Waals surface area (Å²) >= 11 is 6.68. The summed E-state index contributed by atoms with van der Waals surface area (Å²) < 4.78 is 8.69. The third-order valence-electron chi connectivity index (χ3n) is 4.24. The van der Waals surface area contributed by atoms with Crippen molar-refractivity contribution in [3.05, 3.63) is 55.7 Å². The molecule has 1 heterocycles. The Bertz CT molecular complexity index is 1000. The maximum atomic E-state index is 12.3. The first-order chi connectivity index (χ1) is 13.8. The summed E-state index contributed by atoms with van der Waals surface area (Å²) in [5.74, 6) is -1.34. The van der Waals surface area contributed by atoms with Crippen LogP contribution < -0.4 is 5.32 Å². The lowest BCUT2D eigenvalue weighted by atomic mass is 10.1. The molecule has 0 radical (unpaired) electrons. The van der Waals surface area contributed by atoms with Gasteiger partial charge in [0.05, 0.1) is 5.69 Å². The van der Waals surface area contributed by atoms with Crippen molar-refractivity contribution in [3.8, 4) is 6.07 Å². The van der Waals surface area contributed by atoms with Crippen LogP contribution in [-0.4, -0.2) is 23.1 Å². The van der Waals surface area contributed by atoms with E-state index < -0.39 is 18.5 Å². The number of esters is 1. The SMILES string of the molecule is CCCn1c(C)cc(/C=C(\C#N)C(=O)OCC(=O)Nc2ccc(Br)cc2Br)c1C. The normalized spacial score (nSPS) is 11.1. The lowest BCUT2D eigenvalue weighted by Crippen LogP contribution is -2.21. The van der Waals surface area contributed by atoms with E-state index in [4.69, 9.17) is 4.74 Å². The molecule has 6 nitrogen and oxygen atoms in total. The van der Waals surface area contributed by atoms with Gasteiger partial charge in [-0.05, 0) is 72.1 Å². The molecule has 1 amide bonds. The van der Waals surface area contributed by atoms with Crippen molar-refractivity contribution in [2.75, 3.05) is 11.9 Å². The number of benzene rings is 1. The van der Waals surface area contributed by atoms with Crippen LogP contribution in [0.1, 0.15) is 30.3 Å². The molecule has 0 fully saturated rings. The lowest BCUT2D eigenvalue weighted by molar-refractivity contribution is -0.142. The Labute approximate surface area is 186 Å². The Hall–Kier alpha value is -2.37. The number of aromatic nitrogens is 1. The molecule has 1 aromatic carbocycles. The zero-order chi connectivity index (χ0) is 21.6. The van der Waals surface area contributed by atoms with Crippen LogP contribution in [0, 0.1) is 25.2 Å². The standard InChI is InChI=1S/C21H21Br2N3O3/c1-4-7-26-13(2)8-15(14(26)3)9-16(11-24)21(28)29-12-20(27)25-19-6-5-17(22)10-18(19)23/h5-6,8-10H,4,7,12H2,1-3H3,(H,25,27)/b16-9+. The van der Waals surface area contributed by atoms with Gasteiger partial charge in [-0.1, -0.05) is 22.9 Å². The molecular weight excluding hydrogens is 502 g/mol. The highest BCUT2D eigenvalue weighted by atomic mass is 79.9. The Balaban J connectivity index is 2.05. The van der Waals surface area contributed by atoms with E-state index in [1.807, 2.05) is 26.0 Å². The van der Waals surface area contributed by atoms with Crippen molar-refractivity contribution in [1.82, 2.24) is 4.57 Å². The molecular formula is C21H21Br2N3O3. The van der Waals surface area contributed by atoms with Gasteiger partial charge in [0.25, 0.3) is 5.91 Å². The fourth-order valence-corrected chi connectivity index (χ4v) is 3.97. The van der Waals surface area contributed by atoms with E-state index in [-0.39, 0.29) is 5.57 Å². The smallest absolute Gasteiger partial charge is 0.349 e. The van der Waals surface area contributed by atoms with E-state index in [2.05, 4.69) is 48.7 Å². The van der Waals surface area contributed by atoms with Crippen LogP contribution in [0.5, 0.6) is 0 Å². The number of amides is 1. The molecule has 0 spiro atoms. The van der Waals surface area contributed by atoms with Gasteiger partial charge in [-0.25, -0.2) is 4.79 Å². The van der Waals surface area contributed by atoms with Gasteiger partial charge >= 0.3 is 5.97 Å². The number of aryl methyl sites for hydroxylation is 1. The van der Waals surface area contributed by atoms with E-state index >= 15 is 0 Å². The third-order valence-corrected chi connectivity index (χ3v) is 5.39.